The monoisotopic (exact) mass is 202 g/mol. The number of hydrogen-bond donors (Lipinski definition) is 0. The second kappa shape index (κ2) is 3.43. The summed E-state index contributed by atoms with van der Waals surface area (Å²) in [6.45, 7) is 5.16. The fraction of sp³-hybridized carbons (Fsp3) is 0.875. The van der Waals surface area contributed by atoms with Crippen molar-refractivity contribution in [2.45, 2.75) is 38.9 Å². The molecule has 1 aliphatic rings. The van der Waals surface area contributed by atoms with E-state index in [1.54, 1.807) is 6.92 Å². The minimum Gasteiger partial charge on any atom is -0.450 e. The summed E-state index contributed by atoms with van der Waals surface area (Å²) in [5, 5.41) is 10.7. The predicted octanol–water partition coefficient (Wildman–Crippen LogP) is 1.23. The normalized spacial score (nSPS) is 29.9. The van der Waals surface area contributed by atoms with E-state index >= 15 is 0 Å². The average Bonchev–Trinajstić information content (AvgIpc) is 2.73. The molecule has 2 atom stereocenters. The SMILES string of the molecule is CCOC(=O)N1[C@@H](CC)[C@]1(C)[N+](=O)[O-]. The van der Waals surface area contributed by atoms with Gasteiger partial charge < -0.3 is 4.74 Å². The molecule has 14 heavy (non-hydrogen) atoms. The third kappa shape index (κ3) is 1.30. The number of rotatable bonds is 3. The first-order chi connectivity index (χ1) is 6.50. The van der Waals surface area contributed by atoms with E-state index in [1.165, 1.54) is 11.8 Å². The maximum absolute atomic E-state index is 11.3. The number of ether oxygens (including phenoxy) is 1. The molecular formula is C8H14N2O4. The third-order valence-electron chi connectivity index (χ3n) is 2.58. The van der Waals surface area contributed by atoms with Crippen molar-refractivity contribution in [3.05, 3.63) is 10.1 Å². The van der Waals surface area contributed by atoms with Gasteiger partial charge in [0.25, 0.3) is 0 Å². The van der Waals surface area contributed by atoms with Gasteiger partial charge in [-0.3, -0.25) is 10.1 Å². The zero-order chi connectivity index (χ0) is 10.9. The van der Waals surface area contributed by atoms with Crippen LogP contribution in [0, 0.1) is 10.1 Å². The Bertz CT molecular complexity index is 268. The van der Waals surface area contributed by atoms with Crippen LogP contribution < -0.4 is 0 Å². The molecule has 6 nitrogen and oxygen atoms in total. The second-order valence-corrected chi connectivity index (χ2v) is 3.34. The number of carbonyl (C=O) groups is 1. The minimum absolute atomic E-state index is 0.236. The fourth-order valence-corrected chi connectivity index (χ4v) is 1.73. The lowest BCUT2D eigenvalue weighted by molar-refractivity contribution is -0.545. The summed E-state index contributed by atoms with van der Waals surface area (Å²) in [6.07, 6.45) is -0.0328. The van der Waals surface area contributed by atoms with E-state index in [0.29, 0.717) is 6.42 Å². The van der Waals surface area contributed by atoms with E-state index in [9.17, 15) is 14.9 Å². The first-order valence-corrected chi connectivity index (χ1v) is 4.60. The van der Waals surface area contributed by atoms with Gasteiger partial charge in [-0.25, -0.2) is 9.69 Å². The number of nitrogens with zero attached hydrogens (tertiary/aromatic N) is 2. The fourth-order valence-electron chi connectivity index (χ4n) is 1.73. The van der Waals surface area contributed by atoms with Crippen LogP contribution in [0.25, 0.3) is 0 Å². The van der Waals surface area contributed by atoms with Crippen LogP contribution in [-0.4, -0.2) is 34.2 Å². The van der Waals surface area contributed by atoms with Crippen molar-refractivity contribution in [2.24, 2.45) is 0 Å². The van der Waals surface area contributed by atoms with E-state index in [0.717, 1.165) is 0 Å². The molecule has 1 heterocycles. The lowest BCUT2D eigenvalue weighted by atomic mass is 10.2. The highest BCUT2D eigenvalue weighted by Crippen LogP contribution is 2.43. The molecule has 1 rings (SSSR count). The quantitative estimate of drug-likeness (QED) is 0.392. The van der Waals surface area contributed by atoms with Gasteiger partial charge in [-0.2, -0.15) is 0 Å². The number of hydrogen-bond acceptors (Lipinski definition) is 4. The summed E-state index contributed by atoms with van der Waals surface area (Å²) >= 11 is 0. The Morgan fingerprint density at radius 2 is 2.21 bits per heavy atom. The van der Waals surface area contributed by atoms with Crippen molar-refractivity contribution in [1.82, 2.24) is 4.90 Å². The molecule has 1 fully saturated rings. The van der Waals surface area contributed by atoms with Crippen LogP contribution in [0.15, 0.2) is 0 Å². The topological polar surface area (TPSA) is 72.5 Å². The molecule has 0 aliphatic carbocycles. The van der Waals surface area contributed by atoms with E-state index < -0.39 is 16.7 Å². The molecule has 6 heteroatoms. The molecule has 0 aromatic rings. The van der Waals surface area contributed by atoms with Crippen LogP contribution in [0.3, 0.4) is 0 Å². The second-order valence-electron chi connectivity index (χ2n) is 3.34. The molecule has 0 saturated carbocycles. The highest BCUT2D eigenvalue weighted by molar-refractivity contribution is 5.72. The smallest absolute Gasteiger partial charge is 0.415 e. The van der Waals surface area contributed by atoms with E-state index in [4.69, 9.17) is 4.74 Å². The van der Waals surface area contributed by atoms with Gasteiger partial charge >= 0.3 is 11.8 Å². The van der Waals surface area contributed by atoms with Crippen LogP contribution in [0.4, 0.5) is 4.79 Å². The van der Waals surface area contributed by atoms with Crippen molar-refractivity contribution in [1.29, 1.82) is 0 Å². The highest BCUT2D eigenvalue weighted by Gasteiger charge is 2.73. The Morgan fingerprint density at radius 1 is 1.64 bits per heavy atom. The standard InChI is InChI=1S/C8H14N2O4/c1-4-6-8(3,10(12)13)9(6)7(11)14-5-2/h6H,4-5H2,1-3H3/t6-,8-,9?/m0/s1. The zero-order valence-electron chi connectivity index (χ0n) is 8.52. The van der Waals surface area contributed by atoms with Crippen LogP contribution in [0.1, 0.15) is 27.2 Å². The molecule has 0 aromatic heterocycles. The Labute approximate surface area is 82.0 Å². The highest BCUT2D eigenvalue weighted by atomic mass is 16.6. The summed E-state index contributed by atoms with van der Waals surface area (Å²) in [7, 11) is 0. The van der Waals surface area contributed by atoms with Gasteiger partial charge in [0.05, 0.1) is 11.5 Å². The largest absolute Gasteiger partial charge is 0.450 e. The van der Waals surface area contributed by atoms with Gasteiger partial charge in [0.15, 0.2) is 0 Å². The number of carbonyl (C=O) groups excluding carboxylic acids is 1. The van der Waals surface area contributed by atoms with E-state index in [1.807, 2.05) is 6.92 Å². The van der Waals surface area contributed by atoms with Gasteiger partial charge in [0, 0.05) is 6.92 Å². The van der Waals surface area contributed by atoms with Gasteiger partial charge in [-0.05, 0) is 13.3 Å². The van der Waals surface area contributed by atoms with Crippen LogP contribution in [0.2, 0.25) is 0 Å². The third-order valence-corrected chi connectivity index (χ3v) is 2.58. The number of nitro groups is 1. The predicted molar refractivity (Wildman–Crippen MR) is 48.3 cm³/mol. The summed E-state index contributed by atoms with van der Waals surface area (Å²) in [5.74, 6) is 0. The van der Waals surface area contributed by atoms with Crippen LogP contribution >= 0.6 is 0 Å². The Hall–Kier alpha value is -1.33. The molecular weight excluding hydrogens is 188 g/mol. The minimum atomic E-state index is -1.26. The molecule has 0 unspecified atom stereocenters. The molecule has 1 saturated heterocycles. The van der Waals surface area contributed by atoms with E-state index in [2.05, 4.69) is 0 Å². The van der Waals surface area contributed by atoms with Gasteiger partial charge in [0.2, 0.25) is 0 Å². The first-order valence-electron chi connectivity index (χ1n) is 4.60. The Morgan fingerprint density at radius 3 is 2.50 bits per heavy atom. The van der Waals surface area contributed by atoms with Crippen LogP contribution in [-0.2, 0) is 4.74 Å². The van der Waals surface area contributed by atoms with Crippen molar-refractivity contribution in [3.8, 4) is 0 Å². The molecule has 80 valence electrons. The van der Waals surface area contributed by atoms with Gasteiger partial charge in [-0.15, -0.1) is 0 Å². The molecule has 0 spiro atoms. The number of amides is 1. The molecule has 0 radical (unpaired) electrons. The van der Waals surface area contributed by atoms with Crippen molar-refractivity contribution < 1.29 is 14.5 Å². The lowest BCUT2D eigenvalue weighted by Gasteiger charge is -2.04. The Kier molecular flexibility index (Phi) is 2.64. The maximum atomic E-state index is 11.3. The van der Waals surface area contributed by atoms with E-state index in [-0.39, 0.29) is 12.6 Å². The van der Waals surface area contributed by atoms with Crippen molar-refractivity contribution >= 4 is 6.09 Å². The molecule has 0 bridgehead atoms. The molecule has 0 aromatic carbocycles. The molecule has 1 aliphatic heterocycles. The summed E-state index contributed by atoms with van der Waals surface area (Å²) in [4.78, 5) is 22.8. The van der Waals surface area contributed by atoms with Crippen LogP contribution in [0.5, 0.6) is 0 Å². The van der Waals surface area contributed by atoms with Crippen molar-refractivity contribution in [2.75, 3.05) is 6.61 Å². The maximum Gasteiger partial charge on any atom is 0.415 e. The summed E-state index contributed by atoms with van der Waals surface area (Å²) in [5.41, 5.74) is -1.26. The van der Waals surface area contributed by atoms with Gasteiger partial charge in [0.1, 0.15) is 6.04 Å². The Balaban J connectivity index is 2.73. The van der Waals surface area contributed by atoms with Gasteiger partial charge in [-0.1, -0.05) is 6.92 Å². The summed E-state index contributed by atoms with van der Waals surface area (Å²) in [6, 6.07) is -0.337. The first kappa shape index (κ1) is 10.7. The summed E-state index contributed by atoms with van der Waals surface area (Å²) < 4.78 is 4.73. The zero-order valence-corrected chi connectivity index (χ0v) is 8.52. The average molecular weight is 202 g/mol. The molecule has 0 N–H and O–H groups in total. The molecule has 1 amide bonds. The van der Waals surface area contributed by atoms with Crippen molar-refractivity contribution in [3.63, 3.8) is 0 Å². The lowest BCUT2D eigenvalue weighted by Crippen LogP contribution is -2.28.